The number of halogens is 1. The molecule has 3 rings (SSSR count). The Labute approximate surface area is 160 Å². The maximum Gasteiger partial charge on any atom is 0.227 e. The molecular weight excluding hydrogens is 376 g/mol. The standard InChI is InChI=1S/C21H29BrN2O/c1-2-13-24(21(25)16-17-9-11-18(22)12-10-17)20-8-4-3-7-19(20)23-14-5-6-15-23/h5-6,9-12,19-20H,2-4,7-8,13-16H2,1H3. The van der Waals surface area contributed by atoms with Gasteiger partial charge in [-0.1, -0.05) is 60.0 Å². The minimum atomic E-state index is 0.285. The van der Waals surface area contributed by atoms with Gasteiger partial charge in [0.2, 0.25) is 5.91 Å². The van der Waals surface area contributed by atoms with Crippen molar-refractivity contribution in [2.45, 2.75) is 57.5 Å². The van der Waals surface area contributed by atoms with Crippen LogP contribution in [0.1, 0.15) is 44.6 Å². The van der Waals surface area contributed by atoms with Crippen molar-refractivity contribution in [1.82, 2.24) is 9.80 Å². The number of rotatable bonds is 6. The van der Waals surface area contributed by atoms with Gasteiger partial charge in [0.1, 0.15) is 0 Å². The smallest absolute Gasteiger partial charge is 0.227 e. The molecule has 4 heteroatoms. The summed E-state index contributed by atoms with van der Waals surface area (Å²) in [7, 11) is 0. The maximum atomic E-state index is 13.1. The lowest BCUT2D eigenvalue weighted by Gasteiger charge is -2.44. The Morgan fingerprint density at radius 2 is 1.84 bits per heavy atom. The van der Waals surface area contributed by atoms with E-state index >= 15 is 0 Å². The lowest BCUT2D eigenvalue weighted by Crippen LogP contribution is -2.55. The fourth-order valence-corrected chi connectivity index (χ4v) is 4.51. The molecule has 1 saturated carbocycles. The summed E-state index contributed by atoms with van der Waals surface area (Å²) >= 11 is 3.47. The van der Waals surface area contributed by atoms with E-state index in [1.54, 1.807) is 0 Å². The van der Waals surface area contributed by atoms with Gasteiger partial charge in [-0.25, -0.2) is 0 Å². The molecule has 2 aliphatic rings. The Hall–Kier alpha value is -1.13. The van der Waals surface area contributed by atoms with Crippen LogP contribution in [0.5, 0.6) is 0 Å². The van der Waals surface area contributed by atoms with Crippen LogP contribution < -0.4 is 0 Å². The highest BCUT2D eigenvalue weighted by atomic mass is 79.9. The van der Waals surface area contributed by atoms with Crippen LogP contribution in [0.15, 0.2) is 40.9 Å². The Bertz CT molecular complexity index is 590. The molecule has 0 saturated heterocycles. The van der Waals surface area contributed by atoms with Crippen molar-refractivity contribution in [3.63, 3.8) is 0 Å². The zero-order chi connectivity index (χ0) is 17.6. The molecule has 1 amide bonds. The van der Waals surface area contributed by atoms with Crippen LogP contribution in [0.25, 0.3) is 0 Å². The van der Waals surface area contributed by atoms with E-state index in [9.17, 15) is 4.79 Å². The van der Waals surface area contributed by atoms with Crippen LogP contribution in [-0.4, -0.2) is 47.4 Å². The Morgan fingerprint density at radius 3 is 2.52 bits per heavy atom. The predicted octanol–water partition coefficient (Wildman–Crippen LogP) is 4.41. The summed E-state index contributed by atoms with van der Waals surface area (Å²) in [6.07, 6.45) is 11.0. The summed E-state index contributed by atoms with van der Waals surface area (Å²) < 4.78 is 1.06. The minimum Gasteiger partial charge on any atom is -0.338 e. The Kier molecular flexibility index (Phi) is 6.71. The molecule has 1 fully saturated rings. The third kappa shape index (κ3) is 4.73. The van der Waals surface area contributed by atoms with E-state index in [0.29, 0.717) is 18.5 Å². The summed E-state index contributed by atoms with van der Waals surface area (Å²) in [5, 5.41) is 0. The van der Waals surface area contributed by atoms with Crippen LogP contribution >= 0.6 is 15.9 Å². The van der Waals surface area contributed by atoms with Gasteiger partial charge in [-0.3, -0.25) is 9.69 Å². The highest BCUT2D eigenvalue weighted by molar-refractivity contribution is 9.10. The molecule has 0 bridgehead atoms. The molecule has 1 aliphatic heterocycles. The largest absolute Gasteiger partial charge is 0.338 e. The van der Waals surface area contributed by atoms with Gasteiger partial charge in [0, 0.05) is 36.2 Å². The summed E-state index contributed by atoms with van der Waals surface area (Å²) in [4.78, 5) is 17.9. The Morgan fingerprint density at radius 1 is 1.16 bits per heavy atom. The molecule has 1 heterocycles. The van der Waals surface area contributed by atoms with Gasteiger partial charge in [0.25, 0.3) is 0 Å². The lowest BCUT2D eigenvalue weighted by molar-refractivity contribution is -0.135. The van der Waals surface area contributed by atoms with Crippen molar-refractivity contribution in [3.05, 3.63) is 46.5 Å². The molecule has 136 valence electrons. The van der Waals surface area contributed by atoms with E-state index in [1.807, 2.05) is 12.1 Å². The maximum absolute atomic E-state index is 13.1. The number of nitrogens with zero attached hydrogens (tertiary/aromatic N) is 2. The summed E-state index contributed by atoms with van der Waals surface area (Å²) in [5.41, 5.74) is 1.10. The molecule has 2 atom stereocenters. The molecule has 0 N–H and O–H groups in total. The lowest BCUT2D eigenvalue weighted by atomic mass is 9.87. The van der Waals surface area contributed by atoms with Gasteiger partial charge in [0.05, 0.1) is 6.42 Å². The van der Waals surface area contributed by atoms with Crippen molar-refractivity contribution < 1.29 is 4.79 Å². The molecule has 0 radical (unpaired) electrons. The van der Waals surface area contributed by atoms with E-state index in [-0.39, 0.29) is 5.91 Å². The van der Waals surface area contributed by atoms with Crippen LogP contribution in [0.4, 0.5) is 0 Å². The summed E-state index contributed by atoms with van der Waals surface area (Å²) in [6.45, 7) is 5.14. The fourth-order valence-electron chi connectivity index (χ4n) is 4.24. The van der Waals surface area contributed by atoms with Gasteiger partial charge >= 0.3 is 0 Å². The second kappa shape index (κ2) is 9.00. The zero-order valence-electron chi connectivity index (χ0n) is 15.2. The van der Waals surface area contributed by atoms with Gasteiger partial charge in [-0.2, -0.15) is 0 Å². The van der Waals surface area contributed by atoms with E-state index in [0.717, 1.165) is 42.5 Å². The second-order valence-corrected chi connectivity index (χ2v) is 8.15. The van der Waals surface area contributed by atoms with Crippen molar-refractivity contribution in [1.29, 1.82) is 0 Å². The van der Waals surface area contributed by atoms with Gasteiger partial charge in [-0.15, -0.1) is 0 Å². The number of hydrogen-bond donors (Lipinski definition) is 0. The van der Waals surface area contributed by atoms with Gasteiger partial charge in [0.15, 0.2) is 0 Å². The topological polar surface area (TPSA) is 23.6 Å². The molecule has 1 aliphatic carbocycles. The zero-order valence-corrected chi connectivity index (χ0v) is 16.7. The number of carbonyl (C=O) groups excluding carboxylic acids is 1. The average molecular weight is 405 g/mol. The molecule has 2 unspecified atom stereocenters. The van der Waals surface area contributed by atoms with Crippen molar-refractivity contribution in [2.24, 2.45) is 0 Å². The van der Waals surface area contributed by atoms with Crippen LogP contribution in [0.2, 0.25) is 0 Å². The monoisotopic (exact) mass is 404 g/mol. The normalized spacial score (nSPS) is 23.8. The second-order valence-electron chi connectivity index (χ2n) is 7.23. The van der Waals surface area contributed by atoms with Gasteiger partial charge in [-0.05, 0) is 37.0 Å². The molecular formula is C21H29BrN2O. The first-order valence-electron chi connectivity index (χ1n) is 9.62. The highest BCUT2D eigenvalue weighted by Crippen LogP contribution is 2.29. The molecule has 0 aromatic heterocycles. The molecule has 1 aromatic rings. The predicted molar refractivity (Wildman–Crippen MR) is 107 cm³/mol. The summed E-state index contributed by atoms with van der Waals surface area (Å²) in [6, 6.07) is 9.03. The number of benzene rings is 1. The first kappa shape index (κ1) is 18.7. The van der Waals surface area contributed by atoms with E-state index in [4.69, 9.17) is 0 Å². The highest BCUT2D eigenvalue weighted by Gasteiger charge is 2.35. The molecule has 0 spiro atoms. The SMILES string of the molecule is CCCN(C(=O)Cc1ccc(Br)cc1)C1CCCCC1N1CC=CC1. The molecule has 1 aromatic carbocycles. The van der Waals surface area contributed by atoms with Crippen LogP contribution in [0.3, 0.4) is 0 Å². The third-order valence-electron chi connectivity index (χ3n) is 5.46. The summed E-state index contributed by atoms with van der Waals surface area (Å²) in [5.74, 6) is 0.285. The average Bonchev–Trinajstić information content (AvgIpc) is 3.16. The minimum absolute atomic E-state index is 0.285. The van der Waals surface area contributed by atoms with E-state index in [1.165, 1.54) is 19.3 Å². The Balaban J connectivity index is 1.73. The van der Waals surface area contributed by atoms with Gasteiger partial charge < -0.3 is 4.90 Å². The first-order chi connectivity index (χ1) is 12.2. The molecule has 3 nitrogen and oxygen atoms in total. The van der Waals surface area contributed by atoms with E-state index < -0.39 is 0 Å². The van der Waals surface area contributed by atoms with Crippen molar-refractivity contribution in [2.75, 3.05) is 19.6 Å². The number of hydrogen-bond acceptors (Lipinski definition) is 2. The quantitative estimate of drug-likeness (QED) is 0.655. The fraction of sp³-hybridized carbons (Fsp3) is 0.571. The van der Waals surface area contributed by atoms with Crippen molar-refractivity contribution >= 4 is 21.8 Å². The van der Waals surface area contributed by atoms with Crippen LogP contribution in [0, 0.1) is 0 Å². The third-order valence-corrected chi connectivity index (χ3v) is 5.99. The number of carbonyl (C=O) groups is 1. The van der Waals surface area contributed by atoms with E-state index in [2.05, 4.69) is 56.9 Å². The first-order valence-corrected chi connectivity index (χ1v) is 10.4. The number of amides is 1. The van der Waals surface area contributed by atoms with Crippen LogP contribution in [-0.2, 0) is 11.2 Å². The molecule has 25 heavy (non-hydrogen) atoms. The van der Waals surface area contributed by atoms with Crippen molar-refractivity contribution in [3.8, 4) is 0 Å².